The summed E-state index contributed by atoms with van der Waals surface area (Å²) in [7, 11) is 2.80. The van der Waals surface area contributed by atoms with Crippen LogP contribution in [0.3, 0.4) is 0 Å². The molecule has 202 valence electrons. The Balaban J connectivity index is 2.02. The van der Waals surface area contributed by atoms with Crippen LogP contribution in [0.15, 0.2) is 48.7 Å². The van der Waals surface area contributed by atoms with Gasteiger partial charge in [-0.05, 0) is 48.7 Å². The molecule has 10 heteroatoms. The molecule has 0 radical (unpaired) electrons. The number of aromatic carboxylic acids is 1. The Morgan fingerprint density at radius 2 is 1.92 bits per heavy atom. The zero-order valence-corrected chi connectivity index (χ0v) is 21.8. The lowest BCUT2D eigenvalue weighted by Gasteiger charge is -2.30. The maximum Gasteiger partial charge on any atom is 0.335 e. The van der Waals surface area contributed by atoms with Crippen molar-refractivity contribution in [2.24, 2.45) is 0 Å². The van der Waals surface area contributed by atoms with Crippen LogP contribution in [0.5, 0.6) is 5.75 Å². The fourth-order valence-corrected chi connectivity index (χ4v) is 5.22. The Morgan fingerprint density at radius 1 is 1.15 bits per heavy atom. The first-order chi connectivity index (χ1) is 18.6. The number of nitrogens with zero attached hydrogens (tertiary/aromatic N) is 2. The van der Waals surface area contributed by atoms with Gasteiger partial charge in [0.05, 0.1) is 36.7 Å². The van der Waals surface area contributed by atoms with Gasteiger partial charge in [0.25, 0.3) is 0 Å². The second-order valence-corrected chi connectivity index (χ2v) is 9.45. The molecule has 0 aliphatic carbocycles. The number of aliphatic hydroxyl groups is 1. The number of rotatable bonds is 8. The van der Waals surface area contributed by atoms with E-state index in [1.165, 1.54) is 44.7 Å². The number of hydrogen-bond donors (Lipinski definition) is 3. The highest BCUT2D eigenvalue weighted by atomic mass is 19.1. The van der Waals surface area contributed by atoms with E-state index in [2.05, 4.69) is 10.2 Å². The third-order valence-corrected chi connectivity index (χ3v) is 7.15. The summed E-state index contributed by atoms with van der Waals surface area (Å²) in [5.74, 6) is -2.29. The van der Waals surface area contributed by atoms with Crippen molar-refractivity contribution < 1.29 is 33.3 Å². The number of carboxylic acid groups (broad SMARTS) is 1. The fraction of sp³-hybridized carbons (Fsp3) is 0.241. The molecule has 0 amide bonds. The average molecular weight is 536 g/mol. The van der Waals surface area contributed by atoms with Crippen molar-refractivity contribution >= 4 is 27.8 Å². The number of benzene rings is 3. The minimum absolute atomic E-state index is 0.0276. The first-order valence-electron chi connectivity index (χ1n) is 12.2. The average Bonchev–Trinajstić information content (AvgIpc) is 3.52. The predicted octanol–water partition coefficient (Wildman–Crippen LogP) is 5.71. The molecule has 39 heavy (non-hydrogen) atoms. The maximum atomic E-state index is 16.4. The van der Waals surface area contributed by atoms with Gasteiger partial charge in [0.1, 0.15) is 11.1 Å². The van der Waals surface area contributed by atoms with Gasteiger partial charge in [-0.25, -0.2) is 13.6 Å². The van der Waals surface area contributed by atoms with Gasteiger partial charge in [-0.3, -0.25) is 5.10 Å². The molecule has 8 nitrogen and oxygen atoms in total. The Hall–Kier alpha value is -4.28. The molecule has 0 aliphatic heterocycles. The number of fused-ring (bicyclic) bond motifs is 2. The Labute approximate surface area is 222 Å². The number of aromatic nitrogens is 3. The van der Waals surface area contributed by atoms with Crippen molar-refractivity contribution in [3.63, 3.8) is 0 Å². The lowest BCUT2D eigenvalue weighted by atomic mass is 9.88. The van der Waals surface area contributed by atoms with E-state index >= 15 is 4.39 Å². The van der Waals surface area contributed by atoms with E-state index in [4.69, 9.17) is 9.47 Å². The SMILES string of the molecule is CCC(O)(COC)c1c(-c2ccc(C(=O)O)c(C)c2)c2c(F)c3[nH]ncc3cc2n1-c1ccc(F)c(OC)c1. The lowest BCUT2D eigenvalue weighted by molar-refractivity contribution is -0.0422. The highest BCUT2D eigenvalue weighted by Crippen LogP contribution is 2.46. The van der Waals surface area contributed by atoms with Crippen LogP contribution in [-0.4, -0.2) is 51.8 Å². The van der Waals surface area contributed by atoms with Crippen LogP contribution >= 0.6 is 0 Å². The lowest BCUT2D eigenvalue weighted by Crippen LogP contribution is -2.33. The quantitative estimate of drug-likeness (QED) is 0.235. The third kappa shape index (κ3) is 4.12. The molecule has 3 N–H and O–H groups in total. The van der Waals surface area contributed by atoms with E-state index in [0.717, 1.165) is 0 Å². The van der Waals surface area contributed by atoms with Gasteiger partial charge in [-0.1, -0.05) is 19.1 Å². The molecule has 2 heterocycles. The second-order valence-electron chi connectivity index (χ2n) is 9.45. The Bertz CT molecular complexity index is 1740. The summed E-state index contributed by atoms with van der Waals surface area (Å²) in [4.78, 5) is 11.7. The number of carbonyl (C=O) groups is 1. The first-order valence-corrected chi connectivity index (χ1v) is 12.2. The smallest absolute Gasteiger partial charge is 0.335 e. The zero-order valence-electron chi connectivity index (χ0n) is 21.8. The molecule has 0 saturated heterocycles. The topological polar surface area (TPSA) is 110 Å². The van der Waals surface area contributed by atoms with Crippen molar-refractivity contribution in [1.29, 1.82) is 0 Å². The number of nitrogens with one attached hydrogen (secondary N) is 1. The van der Waals surface area contributed by atoms with Crippen molar-refractivity contribution in [2.45, 2.75) is 25.9 Å². The minimum Gasteiger partial charge on any atom is -0.494 e. The van der Waals surface area contributed by atoms with E-state index < -0.39 is 23.2 Å². The van der Waals surface area contributed by atoms with Gasteiger partial charge in [0.2, 0.25) is 0 Å². The van der Waals surface area contributed by atoms with E-state index in [-0.39, 0.29) is 35.2 Å². The third-order valence-electron chi connectivity index (χ3n) is 7.15. The first kappa shape index (κ1) is 26.3. The van der Waals surface area contributed by atoms with Crippen molar-refractivity contribution in [1.82, 2.24) is 14.8 Å². The maximum absolute atomic E-state index is 16.4. The normalized spacial score (nSPS) is 13.2. The highest BCUT2D eigenvalue weighted by Gasteiger charge is 2.38. The van der Waals surface area contributed by atoms with Crippen molar-refractivity contribution in [3.8, 4) is 22.6 Å². The molecule has 5 aromatic rings. The predicted molar refractivity (Wildman–Crippen MR) is 143 cm³/mol. The summed E-state index contributed by atoms with van der Waals surface area (Å²) < 4.78 is 43.1. The summed E-state index contributed by atoms with van der Waals surface area (Å²) in [6.07, 6.45) is 1.68. The molecule has 0 bridgehead atoms. The van der Waals surface area contributed by atoms with E-state index in [0.29, 0.717) is 39.0 Å². The number of ether oxygens (including phenoxy) is 2. The van der Waals surface area contributed by atoms with Crippen LogP contribution in [0.2, 0.25) is 0 Å². The summed E-state index contributed by atoms with van der Waals surface area (Å²) in [6.45, 7) is 3.30. The van der Waals surface area contributed by atoms with Gasteiger partial charge < -0.3 is 24.3 Å². The Kier molecular flexibility index (Phi) is 6.61. The number of aromatic amines is 1. The fourth-order valence-electron chi connectivity index (χ4n) is 5.22. The number of methoxy groups -OCH3 is 2. The molecule has 2 aromatic heterocycles. The number of aryl methyl sites for hydroxylation is 1. The largest absolute Gasteiger partial charge is 0.494 e. The van der Waals surface area contributed by atoms with E-state index in [1.807, 2.05) is 0 Å². The van der Waals surface area contributed by atoms with Gasteiger partial charge >= 0.3 is 5.97 Å². The van der Waals surface area contributed by atoms with Gasteiger partial charge in [0, 0.05) is 35.2 Å². The van der Waals surface area contributed by atoms with Gasteiger partial charge in [-0.15, -0.1) is 0 Å². The van der Waals surface area contributed by atoms with E-state index in [1.54, 1.807) is 36.6 Å². The van der Waals surface area contributed by atoms with Gasteiger partial charge in [-0.2, -0.15) is 5.10 Å². The molecular formula is C29H27F2N3O5. The number of carboxylic acids is 1. The van der Waals surface area contributed by atoms with Crippen molar-refractivity contribution in [2.75, 3.05) is 20.8 Å². The van der Waals surface area contributed by atoms with Gasteiger partial charge in [0.15, 0.2) is 17.4 Å². The molecule has 0 spiro atoms. The van der Waals surface area contributed by atoms with Crippen LogP contribution in [-0.2, 0) is 10.3 Å². The second kappa shape index (κ2) is 9.79. The highest BCUT2D eigenvalue weighted by molar-refractivity contribution is 6.07. The van der Waals surface area contributed by atoms with Crippen LogP contribution in [0.4, 0.5) is 8.78 Å². The molecule has 1 unspecified atom stereocenters. The van der Waals surface area contributed by atoms with Crippen LogP contribution in [0.25, 0.3) is 38.6 Å². The van der Waals surface area contributed by atoms with Crippen molar-refractivity contribution in [3.05, 3.63) is 77.1 Å². The minimum atomic E-state index is -1.62. The molecule has 3 aromatic carbocycles. The molecular weight excluding hydrogens is 508 g/mol. The van der Waals surface area contributed by atoms with E-state index in [9.17, 15) is 19.4 Å². The zero-order chi connectivity index (χ0) is 28.1. The number of hydrogen-bond acceptors (Lipinski definition) is 5. The molecule has 0 aliphatic rings. The molecule has 5 rings (SSSR count). The molecule has 0 saturated carbocycles. The summed E-state index contributed by atoms with van der Waals surface area (Å²) in [6, 6.07) is 10.7. The summed E-state index contributed by atoms with van der Waals surface area (Å²) in [5, 5.41) is 29.0. The Morgan fingerprint density at radius 3 is 2.56 bits per heavy atom. The van der Waals surface area contributed by atoms with Crippen LogP contribution < -0.4 is 4.74 Å². The summed E-state index contributed by atoms with van der Waals surface area (Å²) >= 11 is 0. The van der Waals surface area contributed by atoms with Crippen LogP contribution in [0, 0.1) is 18.6 Å². The number of H-pyrrole nitrogens is 1. The monoisotopic (exact) mass is 535 g/mol. The molecule has 1 atom stereocenters. The number of halogens is 2. The molecule has 0 fully saturated rings. The standard InChI is InChI=1S/C29H27F2N3O5/c1-5-29(37,14-38-3)27-23(16-6-8-19(28(35)36)15(2)10-16)24-21(11-17-13-32-33-26(17)25(24)31)34(27)18-7-9-20(30)22(12-18)39-4/h6-13,37H,5,14H2,1-4H3,(H,32,33)(H,35,36). The van der Waals surface area contributed by atoms with Crippen LogP contribution in [0.1, 0.15) is 35.0 Å². The summed E-state index contributed by atoms with van der Waals surface area (Å²) in [5.41, 5.74) is 1.08.